The second kappa shape index (κ2) is 16.3. The van der Waals surface area contributed by atoms with Gasteiger partial charge in [0.05, 0.1) is 13.7 Å². The average molecular weight is 485 g/mol. The van der Waals surface area contributed by atoms with Crippen LogP contribution in [0.5, 0.6) is 11.5 Å². The van der Waals surface area contributed by atoms with Crippen LogP contribution in [0, 0.1) is 23.7 Å². The van der Waals surface area contributed by atoms with Gasteiger partial charge in [-0.15, -0.1) is 0 Å². The summed E-state index contributed by atoms with van der Waals surface area (Å²) < 4.78 is 10.7. The molecule has 0 radical (unpaired) electrons. The lowest BCUT2D eigenvalue weighted by atomic mass is 10.1. The van der Waals surface area contributed by atoms with E-state index in [0.29, 0.717) is 23.7 Å². The van der Waals surface area contributed by atoms with E-state index in [-0.39, 0.29) is 0 Å². The van der Waals surface area contributed by atoms with Crippen molar-refractivity contribution in [1.29, 1.82) is 0 Å². The van der Waals surface area contributed by atoms with E-state index in [1.807, 2.05) is 19.1 Å². The predicted molar refractivity (Wildman–Crippen MR) is 154 cm³/mol. The molecule has 0 aliphatic rings. The van der Waals surface area contributed by atoms with Gasteiger partial charge in [0, 0.05) is 37.6 Å². The fraction of sp³-hybridized carbons (Fsp3) is 0.613. The minimum atomic E-state index is 0.676. The molecule has 0 atom stereocenters. The number of rotatable bonds is 13. The molecule has 4 nitrogen and oxygen atoms in total. The number of benzene rings is 2. The molecule has 2 rings (SSSR count). The Bertz CT molecular complexity index is 763. The van der Waals surface area contributed by atoms with E-state index >= 15 is 0 Å². The van der Waals surface area contributed by atoms with Gasteiger partial charge in [-0.1, -0.05) is 55.4 Å². The Hall–Kier alpha value is -2.36. The fourth-order valence-electron chi connectivity index (χ4n) is 4.05. The van der Waals surface area contributed by atoms with Crippen molar-refractivity contribution in [2.24, 2.45) is 23.7 Å². The molecular formula is C31H52N2O2. The molecule has 0 saturated carbocycles. The van der Waals surface area contributed by atoms with Crippen LogP contribution in [0.15, 0.2) is 48.5 Å². The minimum Gasteiger partial charge on any atom is -0.497 e. The summed E-state index contributed by atoms with van der Waals surface area (Å²) in [5.41, 5.74) is 2.58. The molecular weight excluding hydrogens is 432 g/mol. The topological polar surface area (TPSA) is 24.9 Å². The van der Waals surface area contributed by atoms with Crippen LogP contribution in [0.25, 0.3) is 0 Å². The third-order valence-electron chi connectivity index (χ3n) is 5.29. The molecule has 2 aromatic carbocycles. The van der Waals surface area contributed by atoms with Crippen LogP contribution in [0.1, 0.15) is 62.3 Å². The molecule has 0 amide bonds. The second-order valence-electron chi connectivity index (χ2n) is 11.0. The first kappa shape index (κ1) is 30.7. The van der Waals surface area contributed by atoms with E-state index in [1.165, 1.54) is 11.4 Å². The summed E-state index contributed by atoms with van der Waals surface area (Å²) in [6.07, 6.45) is 0. The van der Waals surface area contributed by atoms with Crippen LogP contribution in [0.4, 0.5) is 11.4 Å². The van der Waals surface area contributed by atoms with E-state index in [1.54, 1.807) is 7.11 Å². The van der Waals surface area contributed by atoms with Crippen molar-refractivity contribution in [3.63, 3.8) is 0 Å². The monoisotopic (exact) mass is 484 g/mol. The molecule has 0 N–H and O–H groups in total. The molecule has 2 aromatic rings. The summed E-state index contributed by atoms with van der Waals surface area (Å²) in [6, 6.07) is 16.8. The van der Waals surface area contributed by atoms with E-state index in [4.69, 9.17) is 9.47 Å². The number of hydrogen-bond donors (Lipinski definition) is 0. The Labute approximate surface area is 216 Å². The number of ether oxygens (including phenoxy) is 2. The van der Waals surface area contributed by atoms with Gasteiger partial charge in [-0.2, -0.15) is 0 Å². The van der Waals surface area contributed by atoms with Crippen LogP contribution in [-0.4, -0.2) is 39.9 Å². The van der Waals surface area contributed by atoms with Crippen molar-refractivity contribution in [3.8, 4) is 11.5 Å². The zero-order chi connectivity index (χ0) is 26.4. The second-order valence-corrected chi connectivity index (χ2v) is 11.0. The smallest absolute Gasteiger partial charge is 0.119 e. The first-order valence-electron chi connectivity index (χ1n) is 13.4. The Morgan fingerprint density at radius 1 is 0.543 bits per heavy atom. The third-order valence-corrected chi connectivity index (χ3v) is 5.29. The molecule has 198 valence electrons. The van der Waals surface area contributed by atoms with Gasteiger partial charge in [-0.25, -0.2) is 0 Å². The highest BCUT2D eigenvalue weighted by Gasteiger charge is 2.11. The average Bonchev–Trinajstić information content (AvgIpc) is 2.78. The number of anilines is 2. The van der Waals surface area contributed by atoms with Gasteiger partial charge >= 0.3 is 0 Å². The summed E-state index contributed by atoms with van der Waals surface area (Å²) in [5.74, 6) is 4.58. The quantitative estimate of drug-likeness (QED) is 0.287. The standard InChI is InChI=1S/C16H27NO.C15H25NO/c1-6-18-16-9-7-15(8-10-16)17(11-13(2)3)12-14(4)5;1-12(2)10-16(11-13(3)4)14-6-8-15(17-5)9-7-14/h7-10,13-14H,6,11-12H2,1-5H3;6-9,12-13H,10-11H2,1-5H3. The highest BCUT2D eigenvalue weighted by molar-refractivity contribution is 5.50. The van der Waals surface area contributed by atoms with Crippen LogP contribution in [0.3, 0.4) is 0 Å². The largest absolute Gasteiger partial charge is 0.497 e. The maximum Gasteiger partial charge on any atom is 0.119 e. The van der Waals surface area contributed by atoms with Crippen LogP contribution in [-0.2, 0) is 0 Å². The zero-order valence-corrected chi connectivity index (χ0v) is 24.2. The van der Waals surface area contributed by atoms with E-state index in [2.05, 4.69) is 102 Å². The van der Waals surface area contributed by atoms with E-state index < -0.39 is 0 Å². The van der Waals surface area contributed by atoms with Crippen LogP contribution < -0.4 is 19.3 Å². The van der Waals surface area contributed by atoms with Gasteiger partial charge in [0.1, 0.15) is 11.5 Å². The normalized spacial score (nSPS) is 11.0. The van der Waals surface area contributed by atoms with Crippen LogP contribution >= 0.6 is 0 Å². The molecule has 0 bridgehead atoms. The zero-order valence-electron chi connectivity index (χ0n) is 24.2. The minimum absolute atomic E-state index is 0.676. The van der Waals surface area contributed by atoms with Gasteiger partial charge in [-0.3, -0.25) is 0 Å². The number of hydrogen-bond acceptors (Lipinski definition) is 4. The van der Waals surface area contributed by atoms with Crippen molar-refractivity contribution >= 4 is 11.4 Å². The Morgan fingerprint density at radius 2 is 0.857 bits per heavy atom. The van der Waals surface area contributed by atoms with E-state index in [0.717, 1.165) is 44.3 Å². The lowest BCUT2D eigenvalue weighted by Gasteiger charge is -2.28. The maximum absolute atomic E-state index is 5.48. The first-order valence-corrected chi connectivity index (χ1v) is 13.4. The van der Waals surface area contributed by atoms with Gasteiger partial charge in [-0.05, 0) is 79.1 Å². The van der Waals surface area contributed by atoms with Crippen molar-refractivity contribution in [1.82, 2.24) is 0 Å². The molecule has 4 heteroatoms. The number of nitrogens with zero attached hydrogens (tertiary/aromatic N) is 2. The molecule has 0 fully saturated rings. The summed E-state index contributed by atoms with van der Waals surface area (Å²) in [6.45, 7) is 25.3. The highest BCUT2D eigenvalue weighted by atomic mass is 16.5. The lowest BCUT2D eigenvalue weighted by molar-refractivity contribution is 0.340. The Balaban J connectivity index is 0.000000351. The van der Waals surface area contributed by atoms with Gasteiger partial charge < -0.3 is 19.3 Å². The summed E-state index contributed by atoms with van der Waals surface area (Å²) >= 11 is 0. The molecule has 0 aliphatic heterocycles. The molecule has 35 heavy (non-hydrogen) atoms. The molecule has 0 aliphatic carbocycles. The molecule has 0 spiro atoms. The van der Waals surface area contributed by atoms with Crippen molar-refractivity contribution in [2.75, 3.05) is 49.7 Å². The van der Waals surface area contributed by atoms with E-state index in [9.17, 15) is 0 Å². The first-order chi connectivity index (χ1) is 16.5. The fourth-order valence-corrected chi connectivity index (χ4v) is 4.05. The molecule has 0 aromatic heterocycles. The summed E-state index contributed by atoms with van der Waals surface area (Å²) in [4.78, 5) is 4.92. The third kappa shape index (κ3) is 12.8. The van der Waals surface area contributed by atoms with Gasteiger partial charge in [0.15, 0.2) is 0 Å². The Morgan fingerprint density at radius 3 is 1.11 bits per heavy atom. The van der Waals surface area contributed by atoms with Crippen molar-refractivity contribution in [3.05, 3.63) is 48.5 Å². The van der Waals surface area contributed by atoms with Crippen molar-refractivity contribution in [2.45, 2.75) is 62.3 Å². The lowest BCUT2D eigenvalue weighted by Crippen LogP contribution is -2.31. The van der Waals surface area contributed by atoms with Gasteiger partial charge in [0.25, 0.3) is 0 Å². The highest BCUT2D eigenvalue weighted by Crippen LogP contribution is 2.22. The van der Waals surface area contributed by atoms with Gasteiger partial charge in [0.2, 0.25) is 0 Å². The number of methoxy groups -OCH3 is 1. The molecule has 0 unspecified atom stereocenters. The molecule has 0 heterocycles. The maximum atomic E-state index is 5.48. The SMILES string of the molecule is CCOc1ccc(N(CC(C)C)CC(C)C)cc1.COc1ccc(N(CC(C)C)CC(C)C)cc1. The molecule has 0 saturated heterocycles. The predicted octanol–water partition coefficient (Wildman–Crippen LogP) is 8.02. The Kier molecular flexibility index (Phi) is 14.3. The summed E-state index contributed by atoms with van der Waals surface area (Å²) in [5, 5.41) is 0. The van der Waals surface area contributed by atoms with Crippen LogP contribution in [0.2, 0.25) is 0 Å². The van der Waals surface area contributed by atoms with Crippen molar-refractivity contribution < 1.29 is 9.47 Å². The summed E-state index contributed by atoms with van der Waals surface area (Å²) in [7, 11) is 1.70.